The van der Waals surface area contributed by atoms with Crippen molar-refractivity contribution >= 4 is 56.5 Å². The lowest BCUT2D eigenvalue weighted by Crippen LogP contribution is -2.13. The number of amides is 1. The average Bonchev–Trinajstić information content (AvgIpc) is 2.42. The third kappa shape index (κ3) is 3.42. The quantitative estimate of drug-likeness (QED) is 0.834. The Hall–Kier alpha value is -1.30. The van der Waals surface area contributed by atoms with Crippen molar-refractivity contribution in [2.75, 3.05) is 17.7 Å². The Morgan fingerprint density at radius 1 is 1.30 bits per heavy atom. The van der Waals surface area contributed by atoms with Crippen molar-refractivity contribution in [2.45, 2.75) is 0 Å². The molecule has 0 aliphatic heterocycles. The zero-order valence-electron chi connectivity index (χ0n) is 10.4. The molecule has 0 saturated carbocycles. The average molecular weight is 375 g/mol. The van der Waals surface area contributed by atoms with Crippen LogP contribution in [0.15, 0.2) is 34.9 Å². The van der Waals surface area contributed by atoms with Crippen LogP contribution in [-0.4, -0.2) is 17.9 Å². The van der Waals surface area contributed by atoms with E-state index in [1.54, 1.807) is 31.3 Å². The number of hydrogen-bond acceptors (Lipinski definition) is 3. The van der Waals surface area contributed by atoms with E-state index < -0.39 is 0 Å². The van der Waals surface area contributed by atoms with E-state index in [9.17, 15) is 4.79 Å². The summed E-state index contributed by atoms with van der Waals surface area (Å²) in [6.07, 6.45) is 1.43. The maximum atomic E-state index is 12.2. The van der Waals surface area contributed by atoms with Crippen molar-refractivity contribution in [3.63, 3.8) is 0 Å². The monoisotopic (exact) mass is 373 g/mol. The molecular formula is C13H10BrCl2N3O. The fourth-order valence-electron chi connectivity index (χ4n) is 1.53. The number of anilines is 2. The maximum Gasteiger partial charge on any atom is 0.257 e. The molecule has 2 rings (SSSR count). The van der Waals surface area contributed by atoms with E-state index in [0.29, 0.717) is 26.6 Å². The van der Waals surface area contributed by atoms with Crippen LogP contribution < -0.4 is 10.6 Å². The zero-order valence-corrected chi connectivity index (χ0v) is 13.5. The van der Waals surface area contributed by atoms with E-state index in [1.807, 2.05) is 0 Å². The fourth-order valence-corrected chi connectivity index (χ4v) is 2.50. The van der Waals surface area contributed by atoms with Gasteiger partial charge in [0.05, 0.1) is 16.3 Å². The molecule has 1 amide bonds. The predicted octanol–water partition coefficient (Wildman–Crippen LogP) is 4.44. The van der Waals surface area contributed by atoms with Crippen LogP contribution in [0.4, 0.5) is 11.5 Å². The van der Waals surface area contributed by atoms with Crippen molar-refractivity contribution in [2.24, 2.45) is 0 Å². The van der Waals surface area contributed by atoms with Gasteiger partial charge in [0.15, 0.2) is 0 Å². The number of nitrogens with zero attached hydrogens (tertiary/aromatic N) is 1. The van der Waals surface area contributed by atoms with Crippen molar-refractivity contribution in [1.82, 2.24) is 4.98 Å². The lowest BCUT2D eigenvalue weighted by molar-refractivity contribution is 0.102. The molecule has 0 fully saturated rings. The first-order valence-corrected chi connectivity index (χ1v) is 7.16. The van der Waals surface area contributed by atoms with Crippen LogP contribution >= 0.6 is 39.1 Å². The van der Waals surface area contributed by atoms with E-state index in [1.165, 1.54) is 6.20 Å². The van der Waals surface area contributed by atoms with E-state index in [0.717, 1.165) is 0 Å². The summed E-state index contributed by atoms with van der Waals surface area (Å²) < 4.78 is 0.692. The van der Waals surface area contributed by atoms with Crippen LogP contribution in [0.2, 0.25) is 10.0 Å². The van der Waals surface area contributed by atoms with Gasteiger partial charge in [0.25, 0.3) is 5.91 Å². The summed E-state index contributed by atoms with van der Waals surface area (Å²) in [6.45, 7) is 0. The van der Waals surface area contributed by atoms with E-state index in [4.69, 9.17) is 23.2 Å². The lowest BCUT2D eigenvalue weighted by Gasteiger charge is -2.10. The summed E-state index contributed by atoms with van der Waals surface area (Å²) in [4.78, 5) is 16.3. The summed E-state index contributed by atoms with van der Waals surface area (Å²) in [5, 5.41) is 6.48. The number of pyridine rings is 1. The Balaban J connectivity index is 2.28. The molecule has 0 atom stereocenters. The smallest absolute Gasteiger partial charge is 0.257 e. The molecule has 4 nitrogen and oxygen atoms in total. The third-order valence-electron chi connectivity index (χ3n) is 2.54. The predicted molar refractivity (Wildman–Crippen MR) is 85.9 cm³/mol. The van der Waals surface area contributed by atoms with Gasteiger partial charge < -0.3 is 10.6 Å². The summed E-state index contributed by atoms with van der Waals surface area (Å²) >= 11 is 15.2. The van der Waals surface area contributed by atoms with Crippen molar-refractivity contribution < 1.29 is 4.79 Å². The lowest BCUT2D eigenvalue weighted by atomic mass is 10.2. The van der Waals surface area contributed by atoms with Crippen LogP contribution in [0.25, 0.3) is 0 Å². The number of nitrogens with one attached hydrogen (secondary N) is 2. The van der Waals surface area contributed by atoms with Crippen LogP contribution in [0.1, 0.15) is 10.4 Å². The number of carbonyl (C=O) groups is 1. The minimum Gasteiger partial charge on any atom is -0.373 e. The molecule has 1 heterocycles. The molecule has 104 valence electrons. The molecule has 2 N–H and O–H groups in total. The summed E-state index contributed by atoms with van der Waals surface area (Å²) in [5.41, 5.74) is 0.950. The van der Waals surface area contributed by atoms with Gasteiger partial charge in [-0.15, -0.1) is 0 Å². The topological polar surface area (TPSA) is 54.0 Å². The molecule has 2 aromatic rings. The summed E-state index contributed by atoms with van der Waals surface area (Å²) in [7, 11) is 1.72. The number of halogens is 3. The Morgan fingerprint density at radius 2 is 2.05 bits per heavy atom. The number of carbonyl (C=O) groups excluding carboxylic acids is 1. The first-order valence-electron chi connectivity index (χ1n) is 5.61. The van der Waals surface area contributed by atoms with E-state index >= 15 is 0 Å². The SMILES string of the molecule is CNc1cc(C(=O)Nc2ccc(Cl)cc2Br)c(Cl)cn1. The Kier molecular flexibility index (Phi) is 4.86. The molecular weight excluding hydrogens is 365 g/mol. The largest absolute Gasteiger partial charge is 0.373 e. The number of benzene rings is 1. The minimum absolute atomic E-state index is 0.284. The van der Waals surface area contributed by atoms with Crippen LogP contribution in [0.3, 0.4) is 0 Å². The second-order valence-electron chi connectivity index (χ2n) is 3.88. The van der Waals surface area contributed by atoms with Gasteiger partial charge in [0, 0.05) is 22.7 Å². The highest BCUT2D eigenvalue weighted by Gasteiger charge is 2.13. The number of aromatic nitrogens is 1. The van der Waals surface area contributed by atoms with Crippen molar-refractivity contribution in [1.29, 1.82) is 0 Å². The molecule has 7 heteroatoms. The summed E-state index contributed by atoms with van der Waals surface area (Å²) in [5.74, 6) is 0.242. The maximum absolute atomic E-state index is 12.2. The fraction of sp³-hybridized carbons (Fsp3) is 0.0769. The van der Waals surface area contributed by atoms with Gasteiger partial charge in [-0.1, -0.05) is 23.2 Å². The standard InChI is InChI=1S/C13H10BrCl2N3O/c1-17-12-5-8(10(16)6-18-12)13(20)19-11-3-2-7(15)4-9(11)14/h2-6H,1H3,(H,17,18)(H,19,20). The zero-order chi connectivity index (χ0) is 14.7. The van der Waals surface area contributed by atoms with Crippen LogP contribution in [-0.2, 0) is 0 Å². The molecule has 0 aliphatic rings. The van der Waals surface area contributed by atoms with Gasteiger partial charge in [0.2, 0.25) is 0 Å². The van der Waals surface area contributed by atoms with Crippen LogP contribution in [0.5, 0.6) is 0 Å². The molecule has 20 heavy (non-hydrogen) atoms. The molecule has 1 aromatic carbocycles. The van der Waals surface area contributed by atoms with Gasteiger partial charge >= 0.3 is 0 Å². The Morgan fingerprint density at radius 3 is 2.70 bits per heavy atom. The molecule has 0 radical (unpaired) electrons. The Bertz CT molecular complexity index is 664. The highest BCUT2D eigenvalue weighted by atomic mass is 79.9. The van der Waals surface area contributed by atoms with Gasteiger partial charge in [-0.25, -0.2) is 4.98 Å². The molecule has 0 bridgehead atoms. The molecule has 0 saturated heterocycles. The molecule has 0 spiro atoms. The van der Waals surface area contributed by atoms with Gasteiger partial charge in [-0.05, 0) is 40.2 Å². The highest BCUT2D eigenvalue weighted by Crippen LogP contribution is 2.27. The Labute approximate surface area is 134 Å². The van der Waals surface area contributed by atoms with Gasteiger partial charge in [-0.3, -0.25) is 4.79 Å². The first-order chi connectivity index (χ1) is 9.51. The van der Waals surface area contributed by atoms with Crippen molar-refractivity contribution in [3.8, 4) is 0 Å². The first kappa shape index (κ1) is 15.1. The molecule has 0 aliphatic carbocycles. The molecule has 0 unspecified atom stereocenters. The number of rotatable bonds is 3. The molecule has 1 aromatic heterocycles. The van der Waals surface area contributed by atoms with E-state index in [-0.39, 0.29) is 10.9 Å². The van der Waals surface area contributed by atoms with Gasteiger partial charge in [0.1, 0.15) is 5.82 Å². The second kappa shape index (κ2) is 6.43. The normalized spacial score (nSPS) is 10.2. The number of hydrogen-bond donors (Lipinski definition) is 2. The van der Waals surface area contributed by atoms with Crippen molar-refractivity contribution in [3.05, 3.63) is 50.5 Å². The minimum atomic E-state index is -0.322. The highest BCUT2D eigenvalue weighted by molar-refractivity contribution is 9.10. The van der Waals surface area contributed by atoms with Crippen LogP contribution in [0, 0.1) is 0 Å². The second-order valence-corrected chi connectivity index (χ2v) is 5.58. The summed E-state index contributed by atoms with van der Waals surface area (Å²) in [6, 6.07) is 6.68. The van der Waals surface area contributed by atoms with E-state index in [2.05, 4.69) is 31.5 Å². The van der Waals surface area contributed by atoms with Gasteiger partial charge in [-0.2, -0.15) is 0 Å². The third-order valence-corrected chi connectivity index (χ3v) is 3.73.